The second-order valence-electron chi connectivity index (χ2n) is 9.11. The zero-order valence-electron chi connectivity index (χ0n) is 19.2. The maximum Gasteiger partial charge on any atom is 0.415 e. The zero-order chi connectivity index (χ0) is 23.5. The Labute approximate surface area is 203 Å². The minimum atomic E-state index is -0.465. The fourth-order valence-electron chi connectivity index (χ4n) is 4.88. The molecule has 4 heterocycles. The molecule has 1 aromatic carbocycles. The Hall–Kier alpha value is -2.43. The standard InChI is InChI=1S/C24H30FN5O3S/c25-18-6-7-20(33-24(32)29-13-8-19(16-29)28-10-3-1-4-11-28)17(14-18)15-21-22(31)27-23(34-21)30-12-5-2-9-26-30/h6-7,14-15,19,26H,1-5,8-13,16H2/b21-15-. The number of rotatable bonds is 3. The van der Waals surface area contributed by atoms with Crippen LogP contribution in [-0.2, 0) is 4.79 Å². The molecular weight excluding hydrogens is 457 g/mol. The number of aliphatic imine (C=N–C) groups is 1. The first-order valence-electron chi connectivity index (χ1n) is 12.1. The van der Waals surface area contributed by atoms with Crippen LogP contribution in [0.2, 0.25) is 0 Å². The molecule has 2 amide bonds. The van der Waals surface area contributed by atoms with Crippen molar-refractivity contribution in [3.05, 3.63) is 34.5 Å². The van der Waals surface area contributed by atoms with E-state index in [9.17, 15) is 14.0 Å². The van der Waals surface area contributed by atoms with Gasteiger partial charge in [0.2, 0.25) is 0 Å². The Kier molecular flexibility index (Phi) is 7.17. The molecular formula is C24H30FN5O3S. The van der Waals surface area contributed by atoms with E-state index in [1.807, 2.05) is 5.01 Å². The van der Waals surface area contributed by atoms with E-state index in [2.05, 4.69) is 15.3 Å². The van der Waals surface area contributed by atoms with Crippen molar-refractivity contribution in [1.82, 2.24) is 20.2 Å². The van der Waals surface area contributed by atoms with Gasteiger partial charge in [0.1, 0.15) is 11.6 Å². The molecule has 3 saturated heterocycles. The molecule has 0 aromatic heterocycles. The number of benzene rings is 1. The molecule has 0 radical (unpaired) electrons. The number of carbonyl (C=O) groups is 2. The molecule has 4 aliphatic rings. The Balaban J connectivity index is 1.26. The van der Waals surface area contributed by atoms with E-state index < -0.39 is 11.9 Å². The summed E-state index contributed by atoms with van der Waals surface area (Å²) in [6.45, 7) is 5.09. The lowest BCUT2D eigenvalue weighted by Crippen LogP contribution is -2.45. The molecule has 10 heteroatoms. The number of hydrogen-bond acceptors (Lipinski definition) is 7. The maximum atomic E-state index is 14.1. The van der Waals surface area contributed by atoms with Crippen LogP contribution in [0.3, 0.4) is 0 Å². The summed E-state index contributed by atoms with van der Waals surface area (Å²) in [5, 5.41) is 2.47. The van der Waals surface area contributed by atoms with Gasteiger partial charge in [-0.25, -0.2) is 14.6 Å². The summed E-state index contributed by atoms with van der Waals surface area (Å²) < 4.78 is 19.7. The van der Waals surface area contributed by atoms with Gasteiger partial charge in [-0.15, -0.1) is 0 Å². The van der Waals surface area contributed by atoms with Crippen molar-refractivity contribution in [2.24, 2.45) is 4.99 Å². The van der Waals surface area contributed by atoms with Gasteiger partial charge in [0, 0.05) is 37.8 Å². The summed E-state index contributed by atoms with van der Waals surface area (Å²) in [5.74, 6) is -0.608. The van der Waals surface area contributed by atoms with E-state index in [-0.39, 0.29) is 11.7 Å². The van der Waals surface area contributed by atoms with Crippen LogP contribution in [0, 0.1) is 5.82 Å². The van der Waals surface area contributed by atoms with Gasteiger partial charge in [0.25, 0.3) is 5.91 Å². The number of amides is 2. The fraction of sp³-hybridized carbons (Fsp3) is 0.542. The van der Waals surface area contributed by atoms with Gasteiger partial charge >= 0.3 is 6.09 Å². The third-order valence-electron chi connectivity index (χ3n) is 6.74. The molecule has 4 aliphatic heterocycles. The lowest BCUT2D eigenvalue weighted by atomic mass is 10.1. The maximum absolute atomic E-state index is 14.1. The Morgan fingerprint density at radius 1 is 1.15 bits per heavy atom. The number of amidine groups is 1. The number of piperidine rings is 1. The van der Waals surface area contributed by atoms with Crippen LogP contribution in [0.4, 0.5) is 9.18 Å². The van der Waals surface area contributed by atoms with Crippen molar-refractivity contribution in [3.63, 3.8) is 0 Å². The normalized spacial score (nSPS) is 25.2. The highest BCUT2D eigenvalue weighted by Gasteiger charge is 2.32. The summed E-state index contributed by atoms with van der Waals surface area (Å²) in [6, 6.07) is 4.35. The van der Waals surface area contributed by atoms with Crippen molar-refractivity contribution < 1.29 is 18.7 Å². The van der Waals surface area contributed by atoms with Gasteiger partial charge < -0.3 is 9.64 Å². The predicted octanol–water partition coefficient (Wildman–Crippen LogP) is 3.46. The summed E-state index contributed by atoms with van der Waals surface area (Å²) in [7, 11) is 0. The highest BCUT2D eigenvalue weighted by atomic mass is 32.2. The minimum Gasteiger partial charge on any atom is -0.410 e. The summed E-state index contributed by atoms with van der Waals surface area (Å²) in [6.07, 6.45) is 7.86. The van der Waals surface area contributed by atoms with Crippen molar-refractivity contribution in [3.8, 4) is 5.75 Å². The third-order valence-corrected chi connectivity index (χ3v) is 7.74. The van der Waals surface area contributed by atoms with Crippen LogP contribution in [0.5, 0.6) is 5.75 Å². The van der Waals surface area contributed by atoms with Crippen molar-refractivity contribution in [1.29, 1.82) is 0 Å². The lowest BCUT2D eigenvalue weighted by molar-refractivity contribution is -0.113. The number of halogens is 1. The Morgan fingerprint density at radius 3 is 2.76 bits per heavy atom. The van der Waals surface area contributed by atoms with Gasteiger partial charge in [-0.1, -0.05) is 6.42 Å². The number of hydrogen-bond donors (Lipinski definition) is 1. The Bertz CT molecular complexity index is 1000. The fourth-order valence-corrected chi connectivity index (χ4v) is 5.79. The molecule has 0 spiro atoms. The van der Waals surface area contributed by atoms with Crippen molar-refractivity contribution >= 4 is 35.0 Å². The van der Waals surface area contributed by atoms with Gasteiger partial charge in [-0.2, -0.15) is 4.99 Å². The zero-order valence-corrected chi connectivity index (χ0v) is 20.0. The molecule has 5 rings (SSSR count). The summed E-state index contributed by atoms with van der Waals surface area (Å²) >= 11 is 1.24. The largest absolute Gasteiger partial charge is 0.415 e. The van der Waals surface area contributed by atoms with Gasteiger partial charge in [0.05, 0.1) is 4.91 Å². The first-order valence-corrected chi connectivity index (χ1v) is 12.9. The molecule has 1 atom stereocenters. The van der Waals surface area contributed by atoms with Crippen LogP contribution in [0.1, 0.15) is 44.1 Å². The average molecular weight is 488 g/mol. The van der Waals surface area contributed by atoms with Crippen LogP contribution in [0.15, 0.2) is 28.1 Å². The molecule has 1 aromatic rings. The molecule has 8 nitrogen and oxygen atoms in total. The van der Waals surface area contributed by atoms with E-state index in [4.69, 9.17) is 4.74 Å². The summed E-state index contributed by atoms with van der Waals surface area (Å²) in [4.78, 5) is 34.1. The number of nitrogens with zero attached hydrogens (tertiary/aromatic N) is 4. The Morgan fingerprint density at radius 2 is 1.97 bits per heavy atom. The van der Waals surface area contributed by atoms with Crippen LogP contribution >= 0.6 is 11.8 Å². The first kappa shape index (κ1) is 23.3. The molecule has 1 unspecified atom stereocenters. The molecule has 34 heavy (non-hydrogen) atoms. The molecule has 0 saturated carbocycles. The second-order valence-corrected chi connectivity index (χ2v) is 10.1. The molecule has 0 aliphatic carbocycles. The van der Waals surface area contributed by atoms with E-state index in [0.29, 0.717) is 34.8 Å². The number of carbonyl (C=O) groups excluding carboxylic acids is 2. The highest BCUT2D eigenvalue weighted by molar-refractivity contribution is 8.18. The highest BCUT2D eigenvalue weighted by Crippen LogP contribution is 2.33. The average Bonchev–Trinajstić information content (AvgIpc) is 3.50. The minimum absolute atomic E-state index is 0.235. The molecule has 1 N–H and O–H groups in total. The number of hydrazine groups is 1. The SMILES string of the molecule is O=C1N=C(N2CCCCN2)S/C1=C\c1cc(F)ccc1OC(=O)N1CCC(N2CCCCC2)C1. The van der Waals surface area contributed by atoms with Crippen molar-refractivity contribution in [2.45, 2.75) is 44.6 Å². The number of ether oxygens (including phenoxy) is 1. The molecule has 182 valence electrons. The van der Waals surface area contributed by atoms with E-state index in [1.54, 1.807) is 11.0 Å². The quantitative estimate of drug-likeness (QED) is 0.655. The first-order chi connectivity index (χ1) is 16.6. The van der Waals surface area contributed by atoms with E-state index in [0.717, 1.165) is 45.4 Å². The van der Waals surface area contributed by atoms with Crippen LogP contribution < -0.4 is 10.2 Å². The second kappa shape index (κ2) is 10.5. The van der Waals surface area contributed by atoms with E-state index in [1.165, 1.54) is 49.2 Å². The van der Waals surface area contributed by atoms with Gasteiger partial charge in [0.15, 0.2) is 5.17 Å². The van der Waals surface area contributed by atoms with Crippen LogP contribution in [-0.4, -0.2) is 77.3 Å². The predicted molar refractivity (Wildman–Crippen MR) is 130 cm³/mol. The third kappa shape index (κ3) is 5.29. The molecule has 0 bridgehead atoms. The van der Waals surface area contributed by atoms with Gasteiger partial charge in [-0.3, -0.25) is 14.7 Å². The monoisotopic (exact) mass is 487 g/mol. The van der Waals surface area contributed by atoms with Crippen LogP contribution in [0.25, 0.3) is 6.08 Å². The van der Waals surface area contributed by atoms with Gasteiger partial charge in [-0.05, 0) is 81.2 Å². The summed E-state index contributed by atoms with van der Waals surface area (Å²) in [5.41, 5.74) is 3.58. The van der Waals surface area contributed by atoms with E-state index >= 15 is 0 Å². The smallest absolute Gasteiger partial charge is 0.410 e. The topological polar surface area (TPSA) is 77.5 Å². The number of nitrogens with one attached hydrogen (secondary N) is 1. The number of likely N-dealkylation sites (tertiary alicyclic amines) is 2. The molecule has 3 fully saturated rings. The lowest BCUT2D eigenvalue weighted by Gasteiger charge is -2.32. The number of thioether (sulfide) groups is 1. The van der Waals surface area contributed by atoms with Crippen molar-refractivity contribution in [2.75, 3.05) is 39.3 Å².